The molecule has 2 nitrogen and oxygen atoms in total. The number of halogens is 1. The summed E-state index contributed by atoms with van der Waals surface area (Å²) >= 11 is 0. The van der Waals surface area contributed by atoms with Gasteiger partial charge in [0.2, 0.25) is 0 Å². The highest BCUT2D eigenvalue weighted by molar-refractivity contribution is 6.10. The lowest BCUT2D eigenvalue weighted by Gasteiger charge is -2.05. The Labute approximate surface area is 98.9 Å². The molecular formula is C14H12FNO. The molecule has 0 saturated heterocycles. The first-order valence-corrected chi connectivity index (χ1v) is 5.24. The Balaban J connectivity index is 2.43. The van der Waals surface area contributed by atoms with E-state index in [0.717, 1.165) is 5.56 Å². The second-order valence-corrected chi connectivity index (χ2v) is 3.91. The third-order valence-electron chi connectivity index (χ3n) is 2.62. The average molecular weight is 229 g/mol. The van der Waals surface area contributed by atoms with Crippen molar-refractivity contribution in [3.63, 3.8) is 0 Å². The molecule has 0 heterocycles. The predicted octanol–water partition coefficient (Wildman–Crippen LogP) is 2.95. The van der Waals surface area contributed by atoms with Gasteiger partial charge in [0.25, 0.3) is 0 Å². The summed E-state index contributed by atoms with van der Waals surface area (Å²) < 4.78 is 13.1. The van der Waals surface area contributed by atoms with Gasteiger partial charge in [0, 0.05) is 16.8 Å². The Kier molecular flexibility index (Phi) is 2.91. The molecule has 0 fully saturated rings. The summed E-state index contributed by atoms with van der Waals surface area (Å²) in [5, 5.41) is 0. The zero-order valence-corrected chi connectivity index (χ0v) is 9.41. The van der Waals surface area contributed by atoms with Crippen molar-refractivity contribution >= 4 is 11.5 Å². The predicted molar refractivity (Wildman–Crippen MR) is 65.4 cm³/mol. The number of carbonyl (C=O) groups is 1. The van der Waals surface area contributed by atoms with Crippen molar-refractivity contribution < 1.29 is 9.18 Å². The van der Waals surface area contributed by atoms with Crippen molar-refractivity contribution in [1.82, 2.24) is 0 Å². The highest BCUT2D eigenvalue weighted by Gasteiger charge is 2.12. The van der Waals surface area contributed by atoms with Gasteiger partial charge in [-0.1, -0.05) is 6.07 Å². The SMILES string of the molecule is Cc1ccc(F)cc1C(=O)c1ccc(N)cc1. The number of benzene rings is 2. The van der Waals surface area contributed by atoms with E-state index in [1.807, 2.05) is 0 Å². The van der Waals surface area contributed by atoms with E-state index in [-0.39, 0.29) is 5.78 Å². The topological polar surface area (TPSA) is 43.1 Å². The fourth-order valence-electron chi connectivity index (χ4n) is 1.63. The maximum absolute atomic E-state index is 13.1. The van der Waals surface area contributed by atoms with Gasteiger partial charge >= 0.3 is 0 Å². The Bertz CT molecular complexity index is 561. The first-order chi connectivity index (χ1) is 8.08. The summed E-state index contributed by atoms with van der Waals surface area (Å²) in [6.07, 6.45) is 0. The molecule has 86 valence electrons. The smallest absolute Gasteiger partial charge is 0.193 e. The zero-order chi connectivity index (χ0) is 12.4. The van der Waals surface area contributed by atoms with Crippen LogP contribution < -0.4 is 5.73 Å². The van der Waals surface area contributed by atoms with Crippen molar-refractivity contribution in [2.45, 2.75) is 6.92 Å². The van der Waals surface area contributed by atoms with Gasteiger partial charge in [0.1, 0.15) is 5.82 Å². The van der Waals surface area contributed by atoms with Crippen LogP contribution >= 0.6 is 0 Å². The number of ketones is 1. The monoisotopic (exact) mass is 229 g/mol. The van der Waals surface area contributed by atoms with Crippen LogP contribution in [0.15, 0.2) is 42.5 Å². The normalized spacial score (nSPS) is 10.2. The van der Waals surface area contributed by atoms with Crippen LogP contribution in [-0.2, 0) is 0 Å². The number of nitrogens with two attached hydrogens (primary N) is 1. The van der Waals surface area contributed by atoms with Crippen molar-refractivity contribution in [2.24, 2.45) is 0 Å². The van der Waals surface area contributed by atoms with E-state index < -0.39 is 5.82 Å². The highest BCUT2D eigenvalue weighted by atomic mass is 19.1. The standard InChI is InChI=1S/C14H12FNO/c1-9-2-5-11(15)8-13(9)14(17)10-3-6-12(16)7-4-10/h2-8H,16H2,1H3. The minimum Gasteiger partial charge on any atom is -0.399 e. The van der Waals surface area contributed by atoms with Crippen molar-refractivity contribution in [3.05, 3.63) is 65.0 Å². The molecule has 0 aliphatic carbocycles. The molecule has 17 heavy (non-hydrogen) atoms. The summed E-state index contributed by atoms with van der Waals surface area (Å²) in [6, 6.07) is 10.8. The van der Waals surface area contributed by atoms with E-state index in [4.69, 9.17) is 5.73 Å². The molecule has 0 spiro atoms. The van der Waals surface area contributed by atoms with E-state index in [1.54, 1.807) is 37.3 Å². The summed E-state index contributed by atoms with van der Waals surface area (Å²) in [6.45, 7) is 1.78. The molecule has 0 amide bonds. The quantitative estimate of drug-likeness (QED) is 0.635. The highest BCUT2D eigenvalue weighted by Crippen LogP contribution is 2.16. The number of hydrogen-bond acceptors (Lipinski definition) is 2. The number of carbonyl (C=O) groups excluding carboxylic acids is 1. The number of anilines is 1. The van der Waals surface area contributed by atoms with Gasteiger partial charge in [-0.15, -0.1) is 0 Å². The van der Waals surface area contributed by atoms with Gasteiger partial charge in [0.05, 0.1) is 0 Å². The molecule has 0 atom stereocenters. The summed E-state index contributed by atoms with van der Waals surface area (Å²) in [4.78, 5) is 12.1. The minimum absolute atomic E-state index is 0.193. The molecule has 2 N–H and O–H groups in total. The second kappa shape index (κ2) is 4.37. The Morgan fingerprint density at radius 2 is 1.76 bits per heavy atom. The van der Waals surface area contributed by atoms with Crippen LogP contribution in [0.1, 0.15) is 21.5 Å². The van der Waals surface area contributed by atoms with Gasteiger partial charge in [-0.3, -0.25) is 4.79 Å². The lowest BCUT2D eigenvalue weighted by molar-refractivity contribution is 0.103. The maximum Gasteiger partial charge on any atom is 0.193 e. The molecular weight excluding hydrogens is 217 g/mol. The molecule has 0 aliphatic heterocycles. The van der Waals surface area contributed by atoms with Gasteiger partial charge in [0.15, 0.2) is 5.78 Å². The van der Waals surface area contributed by atoms with Crippen LogP contribution in [0.4, 0.5) is 10.1 Å². The first kappa shape index (κ1) is 11.3. The largest absolute Gasteiger partial charge is 0.399 e. The summed E-state index contributed by atoms with van der Waals surface area (Å²) in [5.74, 6) is -0.601. The molecule has 0 aromatic heterocycles. The average Bonchev–Trinajstić information content (AvgIpc) is 2.32. The molecule has 2 aromatic carbocycles. The van der Waals surface area contributed by atoms with Gasteiger partial charge in [-0.2, -0.15) is 0 Å². The van der Waals surface area contributed by atoms with E-state index in [1.165, 1.54) is 12.1 Å². The van der Waals surface area contributed by atoms with Crippen molar-refractivity contribution in [1.29, 1.82) is 0 Å². The Morgan fingerprint density at radius 3 is 2.41 bits per heavy atom. The summed E-state index contributed by atoms with van der Waals surface area (Å²) in [7, 11) is 0. The molecule has 3 heteroatoms. The molecule has 0 aliphatic rings. The number of nitrogen functional groups attached to an aromatic ring is 1. The first-order valence-electron chi connectivity index (χ1n) is 5.24. The lowest BCUT2D eigenvalue weighted by atomic mass is 9.99. The van der Waals surface area contributed by atoms with E-state index in [2.05, 4.69) is 0 Å². The fraction of sp³-hybridized carbons (Fsp3) is 0.0714. The van der Waals surface area contributed by atoms with Crippen LogP contribution in [0, 0.1) is 12.7 Å². The van der Waals surface area contributed by atoms with E-state index in [0.29, 0.717) is 16.8 Å². The molecule has 0 unspecified atom stereocenters. The molecule has 2 aromatic rings. The molecule has 0 saturated carbocycles. The zero-order valence-electron chi connectivity index (χ0n) is 9.41. The lowest BCUT2D eigenvalue weighted by Crippen LogP contribution is -2.04. The second-order valence-electron chi connectivity index (χ2n) is 3.91. The van der Waals surface area contributed by atoms with Crippen LogP contribution in [0.3, 0.4) is 0 Å². The van der Waals surface area contributed by atoms with Crippen LogP contribution in [0.25, 0.3) is 0 Å². The number of aryl methyl sites for hydroxylation is 1. The maximum atomic E-state index is 13.1. The molecule has 0 radical (unpaired) electrons. The van der Waals surface area contributed by atoms with Crippen LogP contribution in [-0.4, -0.2) is 5.78 Å². The Hall–Kier alpha value is -2.16. The fourth-order valence-corrected chi connectivity index (χ4v) is 1.63. The van der Waals surface area contributed by atoms with E-state index >= 15 is 0 Å². The van der Waals surface area contributed by atoms with Crippen molar-refractivity contribution in [2.75, 3.05) is 5.73 Å². The number of hydrogen-bond donors (Lipinski definition) is 1. The molecule has 0 bridgehead atoms. The third kappa shape index (κ3) is 2.33. The number of rotatable bonds is 2. The van der Waals surface area contributed by atoms with Gasteiger partial charge in [-0.05, 0) is 48.9 Å². The van der Waals surface area contributed by atoms with Crippen LogP contribution in [0.2, 0.25) is 0 Å². The van der Waals surface area contributed by atoms with Gasteiger partial charge < -0.3 is 5.73 Å². The van der Waals surface area contributed by atoms with Gasteiger partial charge in [-0.25, -0.2) is 4.39 Å². The third-order valence-corrected chi connectivity index (χ3v) is 2.62. The minimum atomic E-state index is -0.408. The van der Waals surface area contributed by atoms with Crippen molar-refractivity contribution in [3.8, 4) is 0 Å². The van der Waals surface area contributed by atoms with E-state index in [9.17, 15) is 9.18 Å². The Morgan fingerprint density at radius 1 is 1.12 bits per heavy atom. The molecule has 2 rings (SSSR count). The van der Waals surface area contributed by atoms with Crippen LogP contribution in [0.5, 0.6) is 0 Å². The summed E-state index contributed by atoms with van der Waals surface area (Å²) in [5.41, 5.74) is 7.79.